The smallest absolute Gasteiger partial charge is 0.338 e. The van der Waals surface area contributed by atoms with Crippen LogP contribution in [0.15, 0.2) is 78.3 Å². The van der Waals surface area contributed by atoms with E-state index >= 15 is 0 Å². The lowest BCUT2D eigenvalue weighted by atomic mass is 9.97. The normalized spacial score (nSPS) is 11.5. The number of amides is 1. The van der Waals surface area contributed by atoms with Crippen LogP contribution in [0, 0.1) is 0 Å². The number of aromatic nitrogens is 3. The number of anilines is 1. The minimum Gasteiger partial charge on any atom is -0.338 e. The van der Waals surface area contributed by atoms with Crippen molar-refractivity contribution in [1.29, 1.82) is 0 Å². The van der Waals surface area contributed by atoms with E-state index in [2.05, 4.69) is 20.3 Å². The molecule has 0 spiro atoms. The van der Waals surface area contributed by atoms with Crippen LogP contribution in [0.25, 0.3) is 22.4 Å². The van der Waals surface area contributed by atoms with E-state index in [1.807, 2.05) is 5.38 Å². The Hall–Kier alpha value is -4.31. The number of nitrogens with one attached hydrogen (secondary N) is 2. The number of fused-ring (bicyclic) bond motifs is 1. The molecule has 6 nitrogen and oxygen atoms in total. The number of nitrogens with zero attached hydrogens (tertiary/aromatic N) is 2. The van der Waals surface area contributed by atoms with Gasteiger partial charge in [0.1, 0.15) is 10.8 Å². The van der Waals surface area contributed by atoms with Gasteiger partial charge in [-0.15, -0.1) is 11.3 Å². The highest BCUT2D eigenvalue weighted by Gasteiger charge is 2.35. The minimum atomic E-state index is -4.63. The molecule has 0 aliphatic carbocycles. The molecule has 2 aromatic heterocycles. The van der Waals surface area contributed by atoms with E-state index in [1.54, 1.807) is 36.5 Å². The van der Waals surface area contributed by atoms with Crippen LogP contribution in [-0.4, -0.2) is 26.6 Å². The molecular weight excluding hydrogens is 489 g/mol. The standard InChI is InChI=1S/C26H17F3N4O2S/c27-26(28,29)19-4-2-1-3-18(19)24(35)15-5-7-16(8-6-15)25-32-20-10-9-17(13-21(20)33-25)31-22(34)14-23-30-11-12-36-23/h1-13H,14H2,(H,31,34)(H,32,33). The lowest BCUT2D eigenvalue weighted by Gasteiger charge is -2.11. The minimum absolute atomic E-state index is 0.136. The van der Waals surface area contributed by atoms with Gasteiger partial charge >= 0.3 is 6.18 Å². The quantitative estimate of drug-likeness (QED) is 0.272. The van der Waals surface area contributed by atoms with Gasteiger partial charge in [0.25, 0.3) is 0 Å². The molecule has 2 heterocycles. The Morgan fingerprint density at radius 1 is 1.00 bits per heavy atom. The van der Waals surface area contributed by atoms with Gasteiger partial charge in [-0.3, -0.25) is 9.59 Å². The second-order valence-electron chi connectivity index (χ2n) is 7.92. The third kappa shape index (κ3) is 4.89. The van der Waals surface area contributed by atoms with Crippen molar-refractivity contribution in [3.05, 3.63) is 100 Å². The number of hydrogen-bond acceptors (Lipinski definition) is 5. The molecule has 10 heteroatoms. The molecule has 0 fully saturated rings. The van der Waals surface area contributed by atoms with Crippen LogP contribution in [0.4, 0.5) is 18.9 Å². The number of rotatable bonds is 6. The van der Waals surface area contributed by atoms with Crippen molar-refractivity contribution >= 4 is 39.7 Å². The number of halogens is 3. The number of carbonyl (C=O) groups is 2. The maximum absolute atomic E-state index is 13.3. The fourth-order valence-electron chi connectivity index (χ4n) is 3.77. The van der Waals surface area contributed by atoms with Gasteiger partial charge in [-0.2, -0.15) is 13.2 Å². The van der Waals surface area contributed by atoms with Crippen LogP contribution < -0.4 is 5.32 Å². The highest BCUT2D eigenvalue weighted by atomic mass is 32.1. The van der Waals surface area contributed by atoms with Crippen molar-refractivity contribution in [1.82, 2.24) is 15.0 Å². The van der Waals surface area contributed by atoms with Gasteiger partial charge in [0.05, 0.1) is 23.0 Å². The first kappa shape index (κ1) is 23.4. The fourth-order valence-corrected chi connectivity index (χ4v) is 4.38. The second kappa shape index (κ2) is 9.38. The number of hydrogen-bond donors (Lipinski definition) is 2. The molecule has 36 heavy (non-hydrogen) atoms. The molecule has 0 aliphatic heterocycles. The lowest BCUT2D eigenvalue weighted by Crippen LogP contribution is -2.14. The molecule has 1 amide bonds. The molecule has 0 radical (unpaired) electrons. The number of ketones is 1. The van der Waals surface area contributed by atoms with E-state index in [-0.39, 0.29) is 17.9 Å². The molecule has 0 bridgehead atoms. The van der Waals surface area contributed by atoms with E-state index in [1.165, 1.54) is 41.7 Å². The number of H-pyrrole nitrogens is 1. The van der Waals surface area contributed by atoms with Crippen molar-refractivity contribution in [3.8, 4) is 11.4 Å². The fraction of sp³-hybridized carbons (Fsp3) is 0.0769. The first-order valence-electron chi connectivity index (χ1n) is 10.8. The molecule has 5 rings (SSSR count). The molecule has 5 aromatic rings. The first-order valence-corrected chi connectivity index (χ1v) is 11.7. The van der Waals surface area contributed by atoms with Gasteiger partial charge in [0.2, 0.25) is 5.91 Å². The Balaban J connectivity index is 1.35. The summed E-state index contributed by atoms with van der Waals surface area (Å²) in [5.41, 5.74) is 1.37. The number of aromatic amines is 1. The van der Waals surface area contributed by atoms with E-state index in [4.69, 9.17) is 0 Å². The zero-order chi connectivity index (χ0) is 25.3. The zero-order valence-corrected chi connectivity index (χ0v) is 19.3. The topological polar surface area (TPSA) is 87.7 Å². The summed E-state index contributed by atoms with van der Waals surface area (Å²) in [5.74, 6) is -0.379. The van der Waals surface area contributed by atoms with E-state index in [0.29, 0.717) is 22.6 Å². The summed E-state index contributed by atoms with van der Waals surface area (Å²) < 4.78 is 39.9. The predicted molar refractivity (Wildman–Crippen MR) is 131 cm³/mol. The number of carbonyl (C=O) groups excluding carboxylic acids is 2. The maximum Gasteiger partial charge on any atom is 0.417 e. The van der Waals surface area contributed by atoms with Crippen molar-refractivity contribution in [3.63, 3.8) is 0 Å². The predicted octanol–water partition coefficient (Wildman–Crippen LogP) is 6.12. The first-order chi connectivity index (χ1) is 17.3. The van der Waals surface area contributed by atoms with Crippen LogP contribution in [-0.2, 0) is 17.4 Å². The molecular formula is C26H17F3N4O2S. The largest absolute Gasteiger partial charge is 0.417 e. The molecule has 3 aromatic carbocycles. The van der Waals surface area contributed by atoms with Crippen molar-refractivity contribution < 1.29 is 22.8 Å². The number of imidazole rings is 1. The average molecular weight is 507 g/mol. The Bertz CT molecular complexity index is 1560. The van der Waals surface area contributed by atoms with Crippen LogP contribution in [0.5, 0.6) is 0 Å². The Morgan fingerprint density at radius 2 is 1.78 bits per heavy atom. The molecule has 2 N–H and O–H groups in total. The van der Waals surface area contributed by atoms with Gasteiger partial charge in [-0.25, -0.2) is 9.97 Å². The van der Waals surface area contributed by atoms with E-state index in [9.17, 15) is 22.8 Å². The lowest BCUT2D eigenvalue weighted by molar-refractivity contribution is -0.137. The summed E-state index contributed by atoms with van der Waals surface area (Å²) in [6, 6.07) is 16.2. The zero-order valence-electron chi connectivity index (χ0n) is 18.5. The number of alkyl halides is 3. The molecule has 0 unspecified atom stereocenters. The van der Waals surface area contributed by atoms with Crippen LogP contribution in [0.3, 0.4) is 0 Å². The van der Waals surface area contributed by atoms with Crippen LogP contribution in [0.1, 0.15) is 26.5 Å². The SMILES string of the molecule is O=C(Cc1nccs1)Nc1ccc2[nH]c(-c3ccc(C(=O)c4ccccc4C(F)(F)F)cc3)nc2c1. The third-order valence-electron chi connectivity index (χ3n) is 5.46. The molecule has 0 saturated heterocycles. The highest BCUT2D eigenvalue weighted by molar-refractivity contribution is 7.09. The summed E-state index contributed by atoms with van der Waals surface area (Å²) in [6.45, 7) is 0. The second-order valence-corrected chi connectivity index (χ2v) is 8.90. The van der Waals surface area contributed by atoms with Crippen LogP contribution >= 0.6 is 11.3 Å². The van der Waals surface area contributed by atoms with Gasteiger partial charge in [0, 0.05) is 34.0 Å². The van der Waals surface area contributed by atoms with E-state index in [0.717, 1.165) is 16.6 Å². The van der Waals surface area contributed by atoms with E-state index < -0.39 is 23.1 Å². The molecule has 0 atom stereocenters. The molecule has 0 aliphatic rings. The summed E-state index contributed by atoms with van der Waals surface area (Å²) in [6.07, 6.45) is -2.80. The molecule has 180 valence electrons. The Morgan fingerprint density at radius 3 is 2.50 bits per heavy atom. The summed E-state index contributed by atoms with van der Waals surface area (Å²) in [7, 11) is 0. The Labute approximate surface area is 206 Å². The number of thiazole rings is 1. The van der Waals surface area contributed by atoms with Gasteiger partial charge in [0.15, 0.2) is 5.78 Å². The van der Waals surface area contributed by atoms with Gasteiger partial charge in [-0.1, -0.05) is 42.5 Å². The van der Waals surface area contributed by atoms with Gasteiger partial charge < -0.3 is 10.3 Å². The maximum atomic E-state index is 13.3. The van der Waals surface area contributed by atoms with Crippen molar-refractivity contribution in [2.75, 3.05) is 5.32 Å². The summed E-state index contributed by atoms with van der Waals surface area (Å²) in [5, 5.41) is 5.36. The molecule has 0 saturated carbocycles. The Kier molecular flexibility index (Phi) is 6.11. The third-order valence-corrected chi connectivity index (χ3v) is 6.24. The monoisotopic (exact) mass is 506 g/mol. The summed E-state index contributed by atoms with van der Waals surface area (Å²) >= 11 is 1.41. The van der Waals surface area contributed by atoms with Gasteiger partial charge in [-0.05, 0) is 24.3 Å². The number of benzene rings is 3. The van der Waals surface area contributed by atoms with Crippen LogP contribution in [0.2, 0.25) is 0 Å². The van der Waals surface area contributed by atoms with Crippen molar-refractivity contribution in [2.24, 2.45) is 0 Å². The highest BCUT2D eigenvalue weighted by Crippen LogP contribution is 2.33. The summed E-state index contributed by atoms with van der Waals surface area (Å²) in [4.78, 5) is 36.8. The van der Waals surface area contributed by atoms with Crippen molar-refractivity contribution in [2.45, 2.75) is 12.6 Å². The average Bonchev–Trinajstić information content (AvgIpc) is 3.52.